The summed E-state index contributed by atoms with van der Waals surface area (Å²) in [6, 6.07) is 4.71. The number of ether oxygens (including phenoxy) is 1. The van der Waals surface area contributed by atoms with Gasteiger partial charge in [0.2, 0.25) is 0 Å². The van der Waals surface area contributed by atoms with Gasteiger partial charge in [0.25, 0.3) is 0 Å². The van der Waals surface area contributed by atoms with Crippen LogP contribution in [0.25, 0.3) is 0 Å². The second kappa shape index (κ2) is 4.29. The number of aliphatic hydroxyl groups excluding tert-OH is 1. The van der Waals surface area contributed by atoms with Gasteiger partial charge in [-0.05, 0) is 38.0 Å². The first-order valence-corrected chi connectivity index (χ1v) is 4.87. The van der Waals surface area contributed by atoms with Gasteiger partial charge < -0.3 is 9.84 Å². The predicted octanol–water partition coefficient (Wildman–Crippen LogP) is 2.59. The van der Waals surface area contributed by atoms with Gasteiger partial charge in [-0.25, -0.2) is 4.39 Å². The molecule has 0 heterocycles. The lowest BCUT2D eigenvalue weighted by molar-refractivity contribution is -0.0794. The van der Waals surface area contributed by atoms with Crippen molar-refractivity contribution >= 4 is 0 Å². The van der Waals surface area contributed by atoms with E-state index < -0.39 is 11.7 Å². The first kappa shape index (κ1) is 12.1. The summed E-state index contributed by atoms with van der Waals surface area (Å²) in [6.07, 6.45) is -0.836. The molecule has 3 heteroatoms. The number of benzene rings is 1. The number of aliphatic hydroxyl groups is 1. The minimum absolute atomic E-state index is 0.307. The van der Waals surface area contributed by atoms with E-state index >= 15 is 0 Å². The fraction of sp³-hybridized carbons (Fsp3) is 0.500. The van der Waals surface area contributed by atoms with Gasteiger partial charge in [0.15, 0.2) is 0 Å². The molecule has 0 aromatic heterocycles. The van der Waals surface area contributed by atoms with Crippen molar-refractivity contribution in [1.82, 2.24) is 0 Å². The van der Waals surface area contributed by atoms with Crippen LogP contribution in [0.15, 0.2) is 18.2 Å². The standard InChI is InChI=1S/C12H17FO2/c1-8-5-6-9(7-10(8)13)11(14)12(2,3)15-4/h5-7,11,14H,1-4H3. The van der Waals surface area contributed by atoms with Crippen LogP contribution in [0.1, 0.15) is 31.1 Å². The molecule has 1 aromatic rings. The van der Waals surface area contributed by atoms with Crippen molar-refractivity contribution in [3.05, 3.63) is 35.1 Å². The van der Waals surface area contributed by atoms with Crippen molar-refractivity contribution in [3.8, 4) is 0 Å². The van der Waals surface area contributed by atoms with Gasteiger partial charge in [0.1, 0.15) is 11.9 Å². The maximum absolute atomic E-state index is 13.3. The SMILES string of the molecule is COC(C)(C)C(O)c1ccc(C)c(F)c1. The van der Waals surface area contributed by atoms with Gasteiger partial charge in [-0.3, -0.25) is 0 Å². The molecule has 0 saturated heterocycles. The second-order valence-electron chi connectivity index (χ2n) is 4.22. The van der Waals surface area contributed by atoms with Gasteiger partial charge in [-0.1, -0.05) is 12.1 Å². The smallest absolute Gasteiger partial charge is 0.126 e. The van der Waals surface area contributed by atoms with E-state index in [1.807, 2.05) is 0 Å². The molecule has 0 aliphatic carbocycles. The minimum atomic E-state index is -0.836. The molecule has 15 heavy (non-hydrogen) atoms. The molecule has 0 fully saturated rings. The summed E-state index contributed by atoms with van der Waals surface area (Å²) in [5.41, 5.74) is 0.382. The molecule has 0 radical (unpaired) electrons. The zero-order valence-electron chi connectivity index (χ0n) is 9.54. The summed E-state index contributed by atoms with van der Waals surface area (Å²) in [5, 5.41) is 9.97. The zero-order chi connectivity index (χ0) is 11.6. The molecular formula is C12H17FO2. The minimum Gasteiger partial charge on any atom is -0.385 e. The van der Waals surface area contributed by atoms with E-state index in [0.717, 1.165) is 0 Å². The van der Waals surface area contributed by atoms with Gasteiger partial charge in [-0.2, -0.15) is 0 Å². The van der Waals surface area contributed by atoms with E-state index in [0.29, 0.717) is 11.1 Å². The fourth-order valence-electron chi connectivity index (χ4n) is 1.29. The summed E-state index contributed by atoms with van der Waals surface area (Å²) < 4.78 is 18.4. The average molecular weight is 212 g/mol. The van der Waals surface area contributed by atoms with Gasteiger partial charge in [-0.15, -0.1) is 0 Å². The Bertz CT molecular complexity index is 347. The highest BCUT2D eigenvalue weighted by Gasteiger charge is 2.29. The van der Waals surface area contributed by atoms with Crippen LogP contribution in [0.5, 0.6) is 0 Å². The molecule has 1 unspecified atom stereocenters. The first-order valence-electron chi connectivity index (χ1n) is 4.87. The highest BCUT2D eigenvalue weighted by molar-refractivity contribution is 5.26. The van der Waals surface area contributed by atoms with Crippen molar-refractivity contribution in [2.24, 2.45) is 0 Å². The molecule has 1 N–H and O–H groups in total. The first-order chi connectivity index (χ1) is 6.88. The molecule has 1 rings (SSSR count). The van der Waals surface area contributed by atoms with Crippen LogP contribution < -0.4 is 0 Å². The lowest BCUT2D eigenvalue weighted by Crippen LogP contribution is -2.31. The maximum atomic E-state index is 13.3. The Labute approximate surface area is 89.7 Å². The van der Waals surface area contributed by atoms with Crippen LogP contribution in [-0.4, -0.2) is 17.8 Å². The molecule has 2 nitrogen and oxygen atoms in total. The Morgan fingerprint density at radius 1 is 1.40 bits per heavy atom. The molecule has 0 spiro atoms. The summed E-state index contributed by atoms with van der Waals surface area (Å²) in [5.74, 6) is -0.307. The Morgan fingerprint density at radius 2 is 2.00 bits per heavy atom. The Kier molecular flexibility index (Phi) is 3.47. The molecule has 0 saturated carbocycles. The van der Waals surface area contributed by atoms with Crippen LogP contribution in [0.3, 0.4) is 0 Å². The lowest BCUT2D eigenvalue weighted by atomic mass is 9.94. The number of aryl methyl sites for hydroxylation is 1. The topological polar surface area (TPSA) is 29.5 Å². The van der Waals surface area contributed by atoms with Crippen molar-refractivity contribution in [2.45, 2.75) is 32.5 Å². The normalized spacial score (nSPS) is 14.0. The second-order valence-corrected chi connectivity index (χ2v) is 4.22. The van der Waals surface area contributed by atoms with Gasteiger partial charge >= 0.3 is 0 Å². The third kappa shape index (κ3) is 2.55. The van der Waals surface area contributed by atoms with Crippen molar-refractivity contribution in [3.63, 3.8) is 0 Å². The predicted molar refractivity (Wildman–Crippen MR) is 57.2 cm³/mol. The number of hydrogen-bond donors (Lipinski definition) is 1. The number of rotatable bonds is 3. The Balaban J connectivity index is 3.02. The molecule has 84 valence electrons. The molecule has 0 aliphatic rings. The number of halogens is 1. The summed E-state index contributed by atoms with van der Waals surface area (Å²) in [6.45, 7) is 5.21. The molecule has 0 amide bonds. The summed E-state index contributed by atoms with van der Waals surface area (Å²) >= 11 is 0. The Morgan fingerprint density at radius 3 is 2.47 bits per heavy atom. The zero-order valence-corrected chi connectivity index (χ0v) is 9.54. The van der Waals surface area contributed by atoms with Crippen molar-refractivity contribution in [1.29, 1.82) is 0 Å². The monoisotopic (exact) mass is 212 g/mol. The van der Waals surface area contributed by atoms with Crippen molar-refractivity contribution in [2.75, 3.05) is 7.11 Å². The Hall–Kier alpha value is -0.930. The summed E-state index contributed by atoms with van der Waals surface area (Å²) in [7, 11) is 1.52. The van der Waals surface area contributed by atoms with E-state index in [1.54, 1.807) is 32.9 Å². The van der Waals surface area contributed by atoms with Crippen LogP contribution in [0.4, 0.5) is 4.39 Å². The van der Waals surface area contributed by atoms with E-state index in [-0.39, 0.29) is 5.82 Å². The highest BCUT2D eigenvalue weighted by atomic mass is 19.1. The highest BCUT2D eigenvalue weighted by Crippen LogP contribution is 2.28. The van der Waals surface area contributed by atoms with Crippen LogP contribution in [0.2, 0.25) is 0 Å². The number of methoxy groups -OCH3 is 1. The van der Waals surface area contributed by atoms with Gasteiger partial charge in [0, 0.05) is 7.11 Å². The van der Waals surface area contributed by atoms with Crippen LogP contribution in [0, 0.1) is 12.7 Å². The average Bonchev–Trinajstić information content (AvgIpc) is 2.21. The van der Waals surface area contributed by atoms with Crippen molar-refractivity contribution < 1.29 is 14.2 Å². The fourth-order valence-corrected chi connectivity index (χ4v) is 1.29. The third-order valence-corrected chi connectivity index (χ3v) is 2.70. The third-order valence-electron chi connectivity index (χ3n) is 2.70. The quantitative estimate of drug-likeness (QED) is 0.834. The van der Waals surface area contributed by atoms with Gasteiger partial charge in [0.05, 0.1) is 5.60 Å². The van der Waals surface area contributed by atoms with E-state index in [4.69, 9.17) is 4.74 Å². The molecule has 1 aromatic carbocycles. The largest absolute Gasteiger partial charge is 0.385 e. The maximum Gasteiger partial charge on any atom is 0.126 e. The summed E-state index contributed by atoms with van der Waals surface area (Å²) in [4.78, 5) is 0. The van der Waals surface area contributed by atoms with Crippen LogP contribution >= 0.6 is 0 Å². The molecule has 0 bridgehead atoms. The van der Waals surface area contributed by atoms with Crippen LogP contribution in [-0.2, 0) is 4.74 Å². The van der Waals surface area contributed by atoms with E-state index in [2.05, 4.69) is 0 Å². The van der Waals surface area contributed by atoms with E-state index in [1.165, 1.54) is 13.2 Å². The number of hydrogen-bond acceptors (Lipinski definition) is 2. The van der Waals surface area contributed by atoms with E-state index in [9.17, 15) is 9.50 Å². The molecule has 1 atom stereocenters. The lowest BCUT2D eigenvalue weighted by Gasteiger charge is -2.29. The molecular weight excluding hydrogens is 195 g/mol. The molecule has 0 aliphatic heterocycles.